The van der Waals surface area contributed by atoms with Gasteiger partial charge < -0.3 is 10.1 Å². The zero-order valence-electron chi connectivity index (χ0n) is 10.2. The van der Waals surface area contributed by atoms with Crippen molar-refractivity contribution in [1.82, 2.24) is 0 Å². The molecule has 2 rings (SSSR count). The van der Waals surface area contributed by atoms with Crippen LogP contribution < -0.4 is 10.1 Å². The first-order valence-electron chi connectivity index (χ1n) is 5.68. The van der Waals surface area contributed by atoms with Crippen molar-refractivity contribution in [2.75, 3.05) is 11.9 Å². The third kappa shape index (κ3) is 4.21. The molecule has 0 bridgehead atoms. The van der Waals surface area contributed by atoms with E-state index >= 15 is 0 Å². The highest BCUT2D eigenvalue weighted by Crippen LogP contribution is 2.20. The Hall–Kier alpha value is -1.59. The van der Waals surface area contributed by atoms with Crippen LogP contribution in [0.4, 0.5) is 10.1 Å². The van der Waals surface area contributed by atoms with Gasteiger partial charge in [-0.2, -0.15) is 0 Å². The number of amides is 1. The highest BCUT2D eigenvalue weighted by atomic mass is 79.9. The average Bonchev–Trinajstić information content (AvgIpc) is 2.40. The van der Waals surface area contributed by atoms with E-state index in [0.717, 1.165) is 0 Å². The lowest BCUT2D eigenvalue weighted by atomic mass is 10.3. The molecule has 20 heavy (non-hydrogen) atoms. The summed E-state index contributed by atoms with van der Waals surface area (Å²) in [6.45, 7) is -0.226. The number of carbonyl (C=O) groups excluding carboxylic acids is 1. The number of hydrogen-bond donors (Lipinski definition) is 1. The molecule has 0 heterocycles. The summed E-state index contributed by atoms with van der Waals surface area (Å²) in [6, 6.07) is 11.1. The fraction of sp³-hybridized carbons (Fsp3) is 0.0714. The molecule has 3 nitrogen and oxygen atoms in total. The van der Waals surface area contributed by atoms with E-state index in [0.29, 0.717) is 15.2 Å². The van der Waals surface area contributed by atoms with Gasteiger partial charge in [0, 0.05) is 9.50 Å². The Kier molecular flexibility index (Phi) is 4.98. The minimum Gasteiger partial charge on any atom is -0.484 e. The summed E-state index contributed by atoms with van der Waals surface area (Å²) in [6.07, 6.45) is 0. The fourth-order valence-corrected chi connectivity index (χ4v) is 2.00. The van der Waals surface area contributed by atoms with Crippen molar-refractivity contribution in [2.45, 2.75) is 0 Å². The summed E-state index contributed by atoms with van der Waals surface area (Å²) < 4.78 is 19.4. The highest BCUT2D eigenvalue weighted by Gasteiger charge is 2.08. The maximum Gasteiger partial charge on any atom is 0.262 e. The van der Waals surface area contributed by atoms with Gasteiger partial charge in [-0.3, -0.25) is 4.79 Å². The second-order valence-electron chi connectivity index (χ2n) is 3.92. The predicted molar refractivity (Wildman–Crippen MR) is 79.7 cm³/mol. The van der Waals surface area contributed by atoms with Gasteiger partial charge in [-0.05, 0) is 36.4 Å². The van der Waals surface area contributed by atoms with Crippen LogP contribution >= 0.6 is 27.5 Å². The number of benzene rings is 2. The van der Waals surface area contributed by atoms with Crippen LogP contribution in [0.15, 0.2) is 46.9 Å². The van der Waals surface area contributed by atoms with E-state index in [9.17, 15) is 9.18 Å². The Morgan fingerprint density at radius 3 is 2.80 bits per heavy atom. The van der Waals surface area contributed by atoms with Gasteiger partial charge in [-0.1, -0.05) is 33.6 Å². The van der Waals surface area contributed by atoms with Crippen molar-refractivity contribution in [3.63, 3.8) is 0 Å². The molecule has 0 fully saturated rings. The van der Waals surface area contributed by atoms with E-state index < -0.39 is 11.7 Å². The zero-order chi connectivity index (χ0) is 14.5. The smallest absolute Gasteiger partial charge is 0.262 e. The first-order valence-corrected chi connectivity index (χ1v) is 6.85. The molecule has 0 aliphatic heterocycles. The standard InChI is InChI=1S/C14H10BrClFNO2/c15-9-4-5-13(12(17)6-9)18-14(19)8-20-11-3-1-2-10(16)7-11/h1-7H,8H2,(H,18,19). The molecule has 0 aliphatic rings. The maximum atomic E-state index is 13.5. The monoisotopic (exact) mass is 357 g/mol. The van der Waals surface area contributed by atoms with Gasteiger partial charge in [0.05, 0.1) is 5.69 Å². The van der Waals surface area contributed by atoms with Gasteiger partial charge in [0.15, 0.2) is 6.61 Å². The fourth-order valence-electron chi connectivity index (χ4n) is 1.48. The Bertz CT molecular complexity index is 636. The molecule has 0 atom stereocenters. The molecule has 0 unspecified atom stereocenters. The molecular weight excluding hydrogens is 349 g/mol. The van der Waals surface area contributed by atoms with Gasteiger partial charge in [-0.15, -0.1) is 0 Å². The predicted octanol–water partition coefficient (Wildman–Crippen LogP) is 4.26. The number of carbonyl (C=O) groups is 1. The average molecular weight is 359 g/mol. The molecule has 2 aromatic rings. The Morgan fingerprint density at radius 2 is 2.10 bits per heavy atom. The second kappa shape index (κ2) is 6.72. The SMILES string of the molecule is O=C(COc1cccc(Cl)c1)Nc1ccc(Br)cc1F. The lowest BCUT2D eigenvalue weighted by Crippen LogP contribution is -2.20. The summed E-state index contributed by atoms with van der Waals surface area (Å²) in [4.78, 5) is 11.7. The first-order chi connectivity index (χ1) is 9.54. The minimum absolute atomic E-state index is 0.105. The van der Waals surface area contributed by atoms with Crippen molar-refractivity contribution in [3.8, 4) is 5.75 Å². The Morgan fingerprint density at radius 1 is 1.30 bits per heavy atom. The molecule has 2 aromatic carbocycles. The highest BCUT2D eigenvalue weighted by molar-refractivity contribution is 9.10. The van der Waals surface area contributed by atoms with E-state index in [2.05, 4.69) is 21.2 Å². The Labute approximate surface area is 128 Å². The van der Waals surface area contributed by atoms with Crippen molar-refractivity contribution in [2.24, 2.45) is 0 Å². The largest absolute Gasteiger partial charge is 0.484 e. The number of nitrogens with one attached hydrogen (secondary N) is 1. The lowest BCUT2D eigenvalue weighted by Gasteiger charge is -2.08. The molecule has 104 valence electrons. The zero-order valence-corrected chi connectivity index (χ0v) is 12.5. The molecule has 1 amide bonds. The quantitative estimate of drug-likeness (QED) is 0.887. The van der Waals surface area contributed by atoms with Crippen molar-refractivity contribution in [3.05, 3.63) is 57.8 Å². The lowest BCUT2D eigenvalue weighted by molar-refractivity contribution is -0.118. The summed E-state index contributed by atoms with van der Waals surface area (Å²) in [5.41, 5.74) is 0.105. The maximum absolute atomic E-state index is 13.5. The molecule has 0 aromatic heterocycles. The van der Waals surface area contributed by atoms with Crippen LogP contribution in [0, 0.1) is 5.82 Å². The molecule has 0 saturated carbocycles. The van der Waals surface area contributed by atoms with E-state index in [1.54, 1.807) is 30.3 Å². The minimum atomic E-state index is -0.518. The number of hydrogen-bond acceptors (Lipinski definition) is 2. The second-order valence-corrected chi connectivity index (χ2v) is 5.27. The van der Waals surface area contributed by atoms with Crippen molar-refractivity contribution >= 4 is 39.1 Å². The molecular formula is C14H10BrClFNO2. The van der Waals surface area contributed by atoms with Crippen LogP contribution in [0.25, 0.3) is 0 Å². The normalized spacial score (nSPS) is 10.2. The molecule has 0 saturated heterocycles. The van der Waals surface area contributed by atoms with E-state index in [-0.39, 0.29) is 12.3 Å². The summed E-state index contributed by atoms with van der Waals surface area (Å²) in [7, 11) is 0. The molecule has 0 aliphatic carbocycles. The van der Waals surface area contributed by atoms with Crippen LogP contribution in [-0.2, 0) is 4.79 Å². The topological polar surface area (TPSA) is 38.3 Å². The Balaban J connectivity index is 1.92. The van der Waals surface area contributed by atoms with Crippen molar-refractivity contribution < 1.29 is 13.9 Å². The van der Waals surface area contributed by atoms with Gasteiger partial charge in [0.1, 0.15) is 11.6 Å². The number of rotatable bonds is 4. The van der Waals surface area contributed by atoms with Crippen LogP contribution in [0.3, 0.4) is 0 Å². The van der Waals surface area contributed by atoms with E-state index in [1.165, 1.54) is 12.1 Å². The third-order valence-electron chi connectivity index (χ3n) is 2.37. The third-order valence-corrected chi connectivity index (χ3v) is 3.10. The van der Waals surface area contributed by atoms with Crippen LogP contribution in [-0.4, -0.2) is 12.5 Å². The van der Waals surface area contributed by atoms with Gasteiger partial charge in [0.2, 0.25) is 0 Å². The molecule has 6 heteroatoms. The number of anilines is 1. The molecule has 0 radical (unpaired) electrons. The van der Waals surface area contributed by atoms with Gasteiger partial charge >= 0.3 is 0 Å². The first kappa shape index (κ1) is 14.8. The summed E-state index contributed by atoms with van der Waals surface area (Å²) in [5, 5.41) is 2.95. The van der Waals surface area contributed by atoms with E-state index in [4.69, 9.17) is 16.3 Å². The van der Waals surface area contributed by atoms with Crippen LogP contribution in [0.5, 0.6) is 5.75 Å². The number of halogens is 3. The summed E-state index contributed by atoms with van der Waals surface area (Å²) in [5.74, 6) is -0.495. The van der Waals surface area contributed by atoms with E-state index in [1.807, 2.05) is 0 Å². The molecule has 1 N–H and O–H groups in total. The van der Waals surface area contributed by atoms with Crippen molar-refractivity contribution in [1.29, 1.82) is 0 Å². The van der Waals surface area contributed by atoms with Gasteiger partial charge in [0.25, 0.3) is 5.91 Å². The summed E-state index contributed by atoms with van der Waals surface area (Å²) >= 11 is 8.93. The number of ether oxygens (including phenoxy) is 1. The van der Waals surface area contributed by atoms with Crippen LogP contribution in [0.2, 0.25) is 5.02 Å². The van der Waals surface area contributed by atoms with Crippen LogP contribution in [0.1, 0.15) is 0 Å². The van der Waals surface area contributed by atoms with Gasteiger partial charge in [-0.25, -0.2) is 4.39 Å². The molecule has 0 spiro atoms.